The average molecular weight is 257 g/mol. The lowest BCUT2D eigenvalue weighted by Crippen LogP contribution is -2.23. The van der Waals surface area contributed by atoms with Crippen LogP contribution >= 0.6 is 0 Å². The highest BCUT2D eigenvalue weighted by Crippen LogP contribution is 2.42. The van der Waals surface area contributed by atoms with Crippen molar-refractivity contribution in [2.45, 2.75) is 46.1 Å². The smallest absolute Gasteiger partial charge is 0.137 e. The van der Waals surface area contributed by atoms with Crippen LogP contribution in [0, 0.1) is 19.8 Å². The van der Waals surface area contributed by atoms with Crippen LogP contribution < -0.4 is 5.32 Å². The monoisotopic (exact) mass is 257 g/mol. The molecule has 0 radical (unpaired) electrons. The fourth-order valence-corrected chi connectivity index (χ4v) is 2.79. The van der Waals surface area contributed by atoms with Gasteiger partial charge in [-0.1, -0.05) is 19.1 Å². The van der Waals surface area contributed by atoms with E-state index in [1.54, 1.807) is 0 Å². The van der Waals surface area contributed by atoms with Gasteiger partial charge in [-0.25, -0.2) is 0 Å². The van der Waals surface area contributed by atoms with E-state index < -0.39 is 0 Å². The van der Waals surface area contributed by atoms with Gasteiger partial charge in [-0.15, -0.1) is 0 Å². The van der Waals surface area contributed by atoms with E-state index in [1.165, 1.54) is 35.8 Å². The van der Waals surface area contributed by atoms with E-state index in [0.717, 1.165) is 23.8 Å². The maximum absolute atomic E-state index is 6.18. The van der Waals surface area contributed by atoms with Gasteiger partial charge in [-0.05, 0) is 62.8 Å². The summed E-state index contributed by atoms with van der Waals surface area (Å²) in [5.41, 5.74) is 3.61. The first-order chi connectivity index (χ1) is 9.20. The summed E-state index contributed by atoms with van der Waals surface area (Å²) >= 11 is 0. The van der Waals surface area contributed by atoms with Crippen LogP contribution in [0.15, 0.2) is 22.6 Å². The highest BCUT2D eigenvalue weighted by atomic mass is 16.3. The van der Waals surface area contributed by atoms with Crippen LogP contribution in [0.2, 0.25) is 0 Å². The molecule has 0 bridgehead atoms. The number of nitrogens with one attached hydrogen (secondary N) is 1. The van der Waals surface area contributed by atoms with Crippen molar-refractivity contribution in [1.82, 2.24) is 5.32 Å². The lowest BCUT2D eigenvalue weighted by molar-refractivity contribution is 0.396. The van der Waals surface area contributed by atoms with Gasteiger partial charge in [0.25, 0.3) is 0 Å². The lowest BCUT2D eigenvalue weighted by atomic mass is 10.1. The number of hydrogen-bond acceptors (Lipinski definition) is 2. The first kappa shape index (κ1) is 12.7. The van der Waals surface area contributed by atoms with Crippen molar-refractivity contribution in [3.63, 3.8) is 0 Å². The number of aryl methyl sites for hydroxylation is 2. The van der Waals surface area contributed by atoms with Gasteiger partial charge in [0.2, 0.25) is 0 Å². The zero-order chi connectivity index (χ0) is 13.4. The number of fused-ring (bicyclic) bond motifs is 1. The van der Waals surface area contributed by atoms with Crippen LogP contribution in [0.3, 0.4) is 0 Å². The fourth-order valence-electron chi connectivity index (χ4n) is 2.79. The van der Waals surface area contributed by atoms with Gasteiger partial charge in [0.15, 0.2) is 0 Å². The van der Waals surface area contributed by atoms with E-state index in [0.29, 0.717) is 6.04 Å². The Kier molecular flexibility index (Phi) is 3.36. The summed E-state index contributed by atoms with van der Waals surface area (Å²) < 4.78 is 6.18. The molecule has 1 heterocycles. The van der Waals surface area contributed by atoms with Crippen LogP contribution in [-0.4, -0.2) is 6.54 Å². The average Bonchev–Trinajstić information content (AvgIpc) is 3.13. The van der Waals surface area contributed by atoms with Crippen LogP contribution in [0.1, 0.15) is 49.1 Å². The fraction of sp³-hybridized carbons (Fsp3) is 0.529. The van der Waals surface area contributed by atoms with E-state index in [1.807, 2.05) is 0 Å². The molecule has 2 aromatic rings. The second-order valence-electron chi connectivity index (χ2n) is 5.86. The number of benzene rings is 1. The number of furan rings is 1. The summed E-state index contributed by atoms with van der Waals surface area (Å²) in [6.45, 7) is 7.56. The minimum Gasteiger partial charge on any atom is -0.459 e. The predicted octanol–water partition coefficient (Wildman–Crippen LogP) is 4.50. The summed E-state index contributed by atoms with van der Waals surface area (Å²) in [6.07, 6.45) is 3.83. The molecule has 102 valence electrons. The Morgan fingerprint density at radius 1 is 1.26 bits per heavy atom. The normalized spacial score (nSPS) is 17.0. The molecule has 1 fully saturated rings. The van der Waals surface area contributed by atoms with Gasteiger partial charge in [-0.2, -0.15) is 0 Å². The summed E-state index contributed by atoms with van der Waals surface area (Å²) in [7, 11) is 0. The van der Waals surface area contributed by atoms with Crippen molar-refractivity contribution in [3.8, 4) is 0 Å². The Balaban J connectivity index is 1.99. The van der Waals surface area contributed by atoms with Crippen molar-refractivity contribution in [2.75, 3.05) is 6.54 Å². The molecule has 0 spiro atoms. The summed E-state index contributed by atoms with van der Waals surface area (Å²) in [5.74, 6) is 1.90. The van der Waals surface area contributed by atoms with Crippen LogP contribution in [-0.2, 0) is 0 Å². The maximum Gasteiger partial charge on any atom is 0.137 e. The molecule has 2 heteroatoms. The maximum atomic E-state index is 6.18. The van der Waals surface area contributed by atoms with Crippen molar-refractivity contribution in [1.29, 1.82) is 0 Å². The molecule has 19 heavy (non-hydrogen) atoms. The van der Waals surface area contributed by atoms with Gasteiger partial charge in [0.1, 0.15) is 11.3 Å². The predicted molar refractivity (Wildman–Crippen MR) is 79.4 cm³/mol. The molecule has 1 N–H and O–H groups in total. The molecule has 0 aliphatic heterocycles. The standard InChI is InChI=1S/C17H23NO/c1-4-9-18-16(13-7-8-13)15-10-14-11(2)5-6-12(3)17(14)19-15/h5-6,10,13,16,18H,4,7-9H2,1-3H3. The number of rotatable bonds is 5. The topological polar surface area (TPSA) is 25.2 Å². The molecule has 1 unspecified atom stereocenters. The van der Waals surface area contributed by atoms with Crippen molar-refractivity contribution in [3.05, 3.63) is 35.1 Å². The third-order valence-corrected chi connectivity index (χ3v) is 4.13. The third kappa shape index (κ3) is 2.42. The first-order valence-corrected chi connectivity index (χ1v) is 7.43. The van der Waals surface area contributed by atoms with Gasteiger partial charge < -0.3 is 9.73 Å². The Labute approximate surface area is 115 Å². The highest BCUT2D eigenvalue weighted by Gasteiger charge is 2.34. The zero-order valence-electron chi connectivity index (χ0n) is 12.1. The number of hydrogen-bond donors (Lipinski definition) is 1. The summed E-state index contributed by atoms with van der Waals surface area (Å²) in [4.78, 5) is 0. The van der Waals surface area contributed by atoms with Crippen LogP contribution in [0.5, 0.6) is 0 Å². The summed E-state index contributed by atoms with van der Waals surface area (Å²) in [6, 6.07) is 6.99. The van der Waals surface area contributed by atoms with E-state index in [4.69, 9.17) is 4.42 Å². The minimum atomic E-state index is 0.408. The molecule has 1 aromatic heterocycles. The zero-order valence-corrected chi connectivity index (χ0v) is 12.1. The van der Waals surface area contributed by atoms with Gasteiger partial charge in [0, 0.05) is 5.39 Å². The van der Waals surface area contributed by atoms with Gasteiger partial charge in [-0.3, -0.25) is 0 Å². The molecular weight excluding hydrogens is 234 g/mol. The van der Waals surface area contributed by atoms with Crippen molar-refractivity contribution >= 4 is 11.0 Å². The molecule has 1 aliphatic carbocycles. The molecule has 1 aliphatic rings. The van der Waals surface area contributed by atoms with Gasteiger partial charge in [0.05, 0.1) is 6.04 Å². The molecular formula is C17H23NO. The largest absolute Gasteiger partial charge is 0.459 e. The van der Waals surface area contributed by atoms with Crippen molar-refractivity contribution < 1.29 is 4.42 Å². The molecule has 2 nitrogen and oxygen atoms in total. The molecule has 1 aromatic carbocycles. The SMILES string of the molecule is CCCNC(c1cc2c(C)ccc(C)c2o1)C1CC1. The molecule has 1 saturated carbocycles. The molecule has 0 saturated heterocycles. The quantitative estimate of drug-likeness (QED) is 0.853. The van der Waals surface area contributed by atoms with E-state index in [2.05, 4.69) is 44.3 Å². The Morgan fingerprint density at radius 2 is 2.00 bits per heavy atom. The van der Waals surface area contributed by atoms with E-state index in [9.17, 15) is 0 Å². The molecule has 3 rings (SSSR count). The Hall–Kier alpha value is -1.28. The van der Waals surface area contributed by atoms with E-state index >= 15 is 0 Å². The summed E-state index contributed by atoms with van der Waals surface area (Å²) in [5, 5.41) is 4.93. The lowest BCUT2D eigenvalue weighted by Gasteiger charge is -2.14. The Bertz CT molecular complexity index is 541. The van der Waals surface area contributed by atoms with E-state index in [-0.39, 0.29) is 0 Å². The first-order valence-electron chi connectivity index (χ1n) is 7.43. The highest BCUT2D eigenvalue weighted by molar-refractivity contribution is 5.84. The second kappa shape index (κ2) is 5.01. The molecule has 0 amide bonds. The minimum absolute atomic E-state index is 0.408. The van der Waals surface area contributed by atoms with Crippen LogP contribution in [0.25, 0.3) is 11.0 Å². The van der Waals surface area contributed by atoms with Crippen LogP contribution in [0.4, 0.5) is 0 Å². The van der Waals surface area contributed by atoms with Gasteiger partial charge >= 0.3 is 0 Å². The Morgan fingerprint density at radius 3 is 2.63 bits per heavy atom. The van der Waals surface area contributed by atoms with Crippen molar-refractivity contribution in [2.24, 2.45) is 5.92 Å². The third-order valence-electron chi connectivity index (χ3n) is 4.13. The molecule has 1 atom stereocenters. The second-order valence-corrected chi connectivity index (χ2v) is 5.86.